The molecular weight excluding hydrogens is 236 g/mol. The van der Waals surface area contributed by atoms with E-state index >= 15 is 0 Å². The SMILES string of the molecule is CCCCCNCC(=O)Nc1cccc(Cl)c1. The fourth-order valence-corrected chi connectivity index (χ4v) is 1.66. The van der Waals surface area contributed by atoms with E-state index in [1.165, 1.54) is 12.8 Å². The van der Waals surface area contributed by atoms with Crippen LogP contribution in [0.2, 0.25) is 5.02 Å². The maximum atomic E-state index is 11.5. The lowest BCUT2D eigenvalue weighted by Gasteiger charge is -2.06. The Hall–Kier alpha value is -1.06. The van der Waals surface area contributed by atoms with Crippen LogP contribution in [0.25, 0.3) is 0 Å². The summed E-state index contributed by atoms with van der Waals surface area (Å²) < 4.78 is 0. The van der Waals surface area contributed by atoms with Crippen LogP contribution in [0.15, 0.2) is 24.3 Å². The number of carbonyl (C=O) groups is 1. The predicted octanol–water partition coefficient (Wildman–Crippen LogP) is 3.06. The van der Waals surface area contributed by atoms with Crippen LogP contribution in [0.1, 0.15) is 26.2 Å². The van der Waals surface area contributed by atoms with Gasteiger partial charge in [0.2, 0.25) is 5.91 Å². The second kappa shape index (κ2) is 8.09. The zero-order valence-electron chi connectivity index (χ0n) is 10.1. The second-order valence-electron chi connectivity index (χ2n) is 3.94. The van der Waals surface area contributed by atoms with Crippen LogP contribution in [0, 0.1) is 0 Å². The maximum Gasteiger partial charge on any atom is 0.238 e. The lowest BCUT2D eigenvalue weighted by Crippen LogP contribution is -2.28. The summed E-state index contributed by atoms with van der Waals surface area (Å²) in [5.74, 6) is -0.0382. The molecule has 1 aromatic rings. The molecule has 17 heavy (non-hydrogen) atoms. The van der Waals surface area contributed by atoms with Crippen LogP contribution in [-0.4, -0.2) is 19.0 Å². The van der Waals surface area contributed by atoms with E-state index < -0.39 is 0 Å². The first-order valence-corrected chi connectivity index (χ1v) is 6.36. The van der Waals surface area contributed by atoms with Gasteiger partial charge >= 0.3 is 0 Å². The zero-order valence-corrected chi connectivity index (χ0v) is 10.9. The van der Waals surface area contributed by atoms with Gasteiger partial charge in [0, 0.05) is 10.7 Å². The van der Waals surface area contributed by atoms with E-state index in [1.54, 1.807) is 12.1 Å². The highest BCUT2D eigenvalue weighted by Gasteiger charge is 2.01. The molecule has 0 aliphatic rings. The average Bonchev–Trinajstić information content (AvgIpc) is 2.29. The number of halogens is 1. The molecule has 3 nitrogen and oxygen atoms in total. The summed E-state index contributed by atoms with van der Waals surface area (Å²) in [6, 6.07) is 7.14. The molecule has 0 fully saturated rings. The zero-order chi connectivity index (χ0) is 12.5. The number of anilines is 1. The molecule has 1 aromatic carbocycles. The summed E-state index contributed by atoms with van der Waals surface area (Å²) in [6.07, 6.45) is 3.50. The highest BCUT2D eigenvalue weighted by molar-refractivity contribution is 6.30. The Morgan fingerprint density at radius 2 is 2.18 bits per heavy atom. The summed E-state index contributed by atoms with van der Waals surface area (Å²) in [4.78, 5) is 11.5. The van der Waals surface area contributed by atoms with Crippen molar-refractivity contribution in [2.75, 3.05) is 18.4 Å². The third-order valence-corrected chi connectivity index (χ3v) is 2.59. The Labute approximate surface area is 108 Å². The van der Waals surface area contributed by atoms with Crippen LogP contribution >= 0.6 is 11.6 Å². The first-order chi connectivity index (χ1) is 8.22. The topological polar surface area (TPSA) is 41.1 Å². The molecule has 2 N–H and O–H groups in total. The molecule has 4 heteroatoms. The normalized spacial score (nSPS) is 10.2. The highest BCUT2D eigenvalue weighted by Crippen LogP contribution is 2.14. The summed E-state index contributed by atoms with van der Waals surface area (Å²) in [6.45, 7) is 3.39. The molecule has 0 aliphatic heterocycles. The summed E-state index contributed by atoms with van der Waals surface area (Å²) in [7, 11) is 0. The van der Waals surface area contributed by atoms with E-state index in [-0.39, 0.29) is 5.91 Å². The number of rotatable bonds is 7. The lowest BCUT2D eigenvalue weighted by atomic mass is 10.2. The van der Waals surface area contributed by atoms with Gasteiger partial charge in [-0.1, -0.05) is 37.4 Å². The predicted molar refractivity (Wildman–Crippen MR) is 72.5 cm³/mol. The molecule has 0 bridgehead atoms. The molecule has 1 rings (SSSR count). The molecule has 0 atom stereocenters. The monoisotopic (exact) mass is 254 g/mol. The Kier molecular flexibility index (Phi) is 6.67. The van der Waals surface area contributed by atoms with Gasteiger partial charge in [0.05, 0.1) is 6.54 Å². The molecule has 0 saturated heterocycles. The number of benzene rings is 1. The number of amides is 1. The first kappa shape index (κ1) is 14.0. The maximum absolute atomic E-state index is 11.5. The third kappa shape index (κ3) is 6.29. The molecule has 0 aliphatic carbocycles. The van der Waals surface area contributed by atoms with Crippen molar-refractivity contribution in [3.05, 3.63) is 29.3 Å². The summed E-state index contributed by atoms with van der Waals surface area (Å²) >= 11 is 5.82. The van der Waals surface area contributed by atoms with Crippen LogP contribution in [0.5, 0.6) is 0 Å². The summed E-state index contributed by atoms with van der Waals surface area (Å²) in [5, 5.41) is 6.52. The Morgan fingerprint density at radius 1 is 1.35 bits per heavy atom. The van der Waals surface area contributed by atoms with E-state index in [9.17, 15) is 4.79 Å². The van der Waals surface area contributed by atoms with Crippen molar-refractivity contribution in [2.24, 2.45) is 0 Å². The molecule has 0 saturated carbocycles. The van der Waals surface area contributed by atoms with Crippen molar-refractivity contribution in [2.45, 2.75) is 26.2 Å². The highest BCUT2D eigenvalue weighted by atomic mass is 35.5. The average molecular weight is 255 g/mol. The number of unbranched alkanes of at least 4 members (excludes halogenated alkanes) is 2. The van der Waals surface area contributed by atoms with Gasteiger partial charge in [0.25, 0.3) is 0 Å². The summed E-state index contributed by atoms with van der Waals surface area (Å²) in [5.41, 5.74) is 0.734. The minimum atomic E-state index is -0.0382. The van der Waals surface area contributed by atoms with Crippen LogP contribution in [0.3, 0.4) is 0 Å². The van der Waals surface area contributed by atoms with Crippen molar-refractivity contribution in [1.82, 2.24) is 5.32 Å². The molecule has 0 radical (unpaired) electrons. The third-order valence-electron chi connectivity index (χ3n) is 2.35. The fourth-order valence-electron chi connectivity index (χ4n) is 1.47. The molecule has 0 spiro atoms. The smallest absolute Gasteiger partial charge is 0.238 e. The molecule has 0 heterocycles. The van der Waals surface area contributed by atoms with E-state index in [2.05, 4.69) is 17.6 Å². The van der Waals surface area contributed by atoms with Gasteiger partial charge < -0.3 is 10.6 Å². The van der Waals surface area contributed by atoms with E-state index in [0.717, 1.165) is 18.7 Å². The van der Waals surface area contributed by atoms with Gasteiger partial charge in [-0.2, -0.15) is 0 Å². The molecule has 1 amide bonds. The Morgan fingerprint density at radius 3 is 2.88 bits per heavy atom. The van der Waals surface area contributed by atoms with Crippen molar-refractivity contribution in [3.8, 4) is 0 Å². The Bertz CT molecular complexity index is 355. The standard InChI is InChI=1S/C13H19ClN2O/c1-2-3-4-8-15-10-13(17)16-12-7-5-6-11(14)9-12/h5-7,9,15H,2-4,8,10H2,1H3,(H,16,17). The molecular formula is C13H19ClN2O. The van der Waals surface area contributed by atoms with Gasteiger partial charge in [-0.25, -0.2) is 0 Å². The quantitative estimate of drug-likeness (QED) is 0.735. The van der Waals surface area contributed by atoms with Crippen molar-refractivity contribution < 1.29 is 4.79 Å². The van der Waals surface area contributed by atoms with Crippen molar-refractivity contribution in [1.29, 1.82) is 0 Å². The molecule has 94 valence electrons. The molecule has 0 aromatic heterocycles. The van der Waals surface area contributed by atoms with Gasteiger partial charge in [0.1, 0.15) is 0 Å². The molecule has 0 unspecified atom stereocenters. The van der Waals surface area contributed by atoms with E-state index in [1.807, 2.05) is 12.1 Å². The largest absolute Gasteiger partial charge is 0.325 e. The number of carbonyl (C=O) groups excluding carboxylic acids is 1. The second-order valence-corrected chi connectivity index (χ2v) is 4.38. The number of hydrogen-bond acceptors (Lipinski definition) is 2. The van der Waals surface area contributed by atoms with Crippen LogP contribution in [0.4, 0.5) is 5.69 Å². The van der Waals surface area contributed by atoms with Gasteiger partial charge in [0.15, 0.2) is 0 Å². The van der Waals surface area contributed by atoms with Gasteiger partial charge in [-0.05, 0) is 31.2 Å². The van der Waals surface area contributed by atoms with Crippen molar-refractivity contribution in [3.63, 3.8) is 0 Å². The first-order valence-electron chi connectivity index (χ1n) is 5.98. The number of hydrogen-bond donors (Lipinski definition) is 2. The van der Waals surface area contributed by atoms with Crippen LogP contribution in [-0.2, 0) is 4.79 Å². The van der Waals surface area contributed by atoms with E-state index in [4.69, 9.17) is 11.6 Å². The Balaban J connectivity index is 2.21. The van der Waals surface area contributed by atoms with Crippen LogP contribution < -0.4 is 10.6 Å². The minimum Gasteiger partial charge on any atom is -0.325 e. The van der Waals surface area contributed by atoms with E-state index in [0.29, 0.717) is 11.6 Å². The number of nitrogens with one attached hydrogen (secondary N) is 2. The fraction of sp³-hybridized carbons (Fsp3) is 0.462. The minimum absolute atomic E-state index is 0.0382. The van der Waals surface area contributed by atoms with Gasteiger partial charge in [-0.3, -0.25) is 4.79 Å². The van der Waals surface area contributed by atoms with Gasteiger partial charge in [-0.15, -0.1) is 0 Å². The van der Waals surface area contributed by atoms with Crippen molar-refractivity contribution >= 4 is 23.2 Å². The lowest BCUT2D eigenvalue weighted by molar-refractivity contribution is -0.115.